The smallest absolute Gasteiger partial charge is 0.354 e. The van der Waals surface area contributed by atoms with Crippen molar-refractivity contribution in [1.29, 1.82) is 0 Å². The molecule has 0 saturated heterocycles. The Kier molecular flexibility index (Phi) is 1.73. The Morgan fingerprint density at radius 3 is 3.23 bits per heavy atom. The molecule has 0 amide bonds. The van der Waals surface area contributed by atoms with Crippen LogP contribution in [0.15, 0.2) is 18.3 Å². The summed E-state index contributed by atoms with van der Waals surface area (Å²) in [5, 5.41) is 11.8. The fourth-order valence-corrected chi connectivity index (χ4v) is 1.23. The number of nitrogens with zero attached hydrogens (tertiary/aromatic N) is 1. The second-order valence-corrected chi connectivity index (χ2v) is 2.75. The Balaban J connectivity index is 2.48. The molecule has 0 bridgehead atoms. The second kappa shape index (κ2) is 2.90. The minimum atomic E-state index is -0.998. The van der Waals surface area contributed by atoms with E-state index in [4.69, 9.17) is 5.11 Å². The molecular formula is C9H8N2O2. The van der Waals surface area contributed by atoms with E-state index in [1.54, 1.807) is 12.3 Å². The lowest BCUT2D eigenvalue weighted by Gasteiger charge is -2.11. The number of hydrogen-bond acceptors (Lipinski definition) is 3. The number of rotatable bonds is 1. The number of pyridine rings is 1. The number of aromatic carboxylic acids is 1. The van der Waals surface area contributed by atoms with Gasteiger partial charge in [0.25, 0.3) is 0 Å². The summed E-state index contributed by atoms with van der Waals surface area (Å²) in [7, 11) is 0. The molecule has 1 aliphatic rings. The van der Waals surface area contributed by atoms with Gasteiger partial charge in [0.15, 0.2) is 0 Å². The quantitative estimate of drug-likeness (QED) is 0.675. The maximum atomic E-state index is 10.6. The van der Waals surface area contributed by atoms with Crippen LogP contribution >= 0.6 is 0 Å². The van der Waals surface area contributed by atoms with E-state index in [0.29, 0.717) is 0 Å². The van der Waals surface area contributed by atoms with Gasteiger partial charge in [-0.15, -0.1) is 0 Å². The molecule has 13 heavy (non-hydrogen) atoms. The van der Waals surface area contributed by atoms with E-state index in [1.165, 1.54) is 0 Å². The first kappa shape index (κ1) is 7.79. The third kappa shape index (κ3) is 1.38. The Morgan fingerprint density at radius 1 is 1.62 bits per heavy atom. The first-order chi connectivity index (χ1) is 6.27. The van der Waals surface area contributed by atoms with Crippen molar-refractivity contribution in [2.24, 2.45) is 0 Å². The molecule has 0 saturated carbocycles. The lowest BCUT2D eigenvalue weighted by molar-refractivity contribution is 0.0690. The van der Waals surface area contributed by atoms with E-state index in [2.05, 4.69) is 10.3 Å². The largest absolute Gasteiger partial charge is 0.477 e. The molecule has 66 valence electrons. The van der Waals surface area contributed by atoms with Gasteiger partial charge in [0.2, 0.25) is 0 Å². The van der Waals surface area contributed by atoms with Crippen molar-refractivity contribution in [2.45, 2.75) is 0 Å². The van der Waals surface area contributed by atoms with Crippen LogP contribution in [0, 0.1) is 0 Å². The average molecular weight is 176 g/mol. The van der Waals surface area contributed by atoms with Crippen LogP contribution < -0.4 is 5.32 Å². The zero-order valence-corrected chi connectivity index (χ0v) is 6.82. The molecular weight excluding hydrogens is 168 g/mol. The number of carboxylic acid groups (broad SMARTS) is 1. The topological polar surface area (TPSA) is 62.2 Å². The third-order valence-electron chi connectivity index (χ3n) is 1.86. The van der Waals surface area contributed by atoms with Gasteiger partial charge in [0.05, 0.1) is 11.9 Å². The maximum absolute atomic E-state index is 10.6. The number of nitrogens with one attached hydrogen (secondary N) is 1. The van der Waals surface area contributed by atoms with Gasteiger partial charge in [0.1, 0.15) is 5.69 Å². The number of aromatic nitrogens is 1. The normalized spacial score (nSPS) is 13.2. The van der Waals surface area contributed by atoms with Crippen LogP contribution in [0.2, 0.25) is 0 Å². The number of hydrogen-bond donors (Lipinski definition) is 2. The third-order valence-corrected chi connectivity index (χ3v) is 1.86. The van der Waals surface area contributed by atoms with Crippen LogP contribution in [-0.2, 0) is 0 Å². The summed E-state index contributed by atoms with van der Waals surface area (Å²) in [4.78, 5) is 14.4. The maximum Gasteiger partial charge on any atom is 0.354 e. The SMILES string of the molecule is O=C(O)c1cc2c(cn1)NCC=C2. The first-order valence-corrected chi connectivity index (χ1v) is 3.91. The Labute approximate surface area is 74.9 Å². The summed E-state index contributed by atoms with van der Waals surface area (Å²) in [5.74, 6) is -0.998. The summed E-state index contributed by atoms with van der Waals surface area (Å²) < 4.78 is 0. The molecule has 0 spiro atoms. The first-order valence-electron chi connectivity index (χ1n) is 3.91. The van der Waals surface area contributed by atoms with Crippen LogP contribution in [-0.4, -0.2) is 22.6 Å². The van der Waals surface area contributed by atoms with Gasteiger partial charge < -0.3 is 10.4 Å². The van der Waals surface area contributed by atoms with Crippen molar-refractivity contribution in [1.82, 2.24) is 4.98 Å². The van der Waals surface area contributed by atoms with Crippen molar-refractivity contribution >= 4 is 17.7 Å². The molecule has 0 aromatic carbocycles. The van der Waals surface area contributed by atoms with E-state index >= 15 is 0 Å². The van der Waals surface area contributed by atoms with Crippen molar-refractivity contribution in [3.63, 3.8) is 0 Å². The minimum Gasteiger partial charge on any atom is -0.477 e. The van der Waals surface area contributed by atoms with Crippen LogP contribution in [0.4, 0.5) is 5.69 Å². The standard InChI is InChI=1S/C9H8N2O2/c12-9(13)7-4-6-2-1-3-10-8(6)5-11-7/h1-2,4-5,10H,3H2,(H,12,13). The number of carboxylic acids is 1. The molecule has 2 N–H and O–H groups in total. The second-order valence-electron chi connectivity index (χ2n) is 2.75. The number of carbonyl (C=O) groups is 1. The van der Waals surface area contributed by atoms with E-state index in [0.717, 1.165) is 17.8 Å². The van der Waals surface area contributed by atoms with Gasteiger partial charge in [-0.2, -0.15) is 0 Å². The number of fused-ring (bicyclic) bond motifs is 1. The van der Waals surface area contributed by atoms with E-state index in [1.807, 2.05) is 12.2 Å². The van der Waals surface area contributed by atoms with E-state index in [-0.39, 0.29) is 5.69 Å². The predicted octanol–water partition coefficient (Wildman–Crippen LogP) is 1.22. The van der Waals surface area contributed by atoms with E-state index in [9.17, 15) is 4.79 Å². The number of anilines is 1. The van der Waals surface area contributed by atoms with Crippen molar-refractivity contribution in [3.8, 4) is 0 Å². The lowest BCUT2D eigenvalue weighted by Crippen LogP contribution is -2.07. The van der Waals surface area contributed by atoms with Gasteiger partial charge in [0, 0.05) is 12.1 Å². The molecule has 2 heterocycles. The molecule has 1 aliphatic heterocycles. The Morgan fingerprint density at radius 2 is 2.46 bits per heavy atom. The highest BCUT2D eigenvalue weighted by Crippen LogP contribution is 2.19. The highest BCUT2D eigenvalue weighted by molar-refractivity contribution is 5.87. The molecule has 2 rings (SSSR count). The molecule has 0 aliphatic carbocycles. The van der Waals surface area contributed by atoms with Gasteiger partial charge >= 0.3 is 5.97 Å². The fourth-order valence-electron chi connectivity index (χ4n) is 1.23. The highest BCUT2D eigenvalue weighted by Gasteiger charge is 2.09. The van der Waals surface area contributed by atoms with Gasteiger partial charge in [-0.05, 0) is 6.07 Å². The van der Waals surface area contributed by atoms with Gasteiger partial charge in [-0.3, -0.25) is 0 Å². The van der Waals surface area contributed by atoms with Crippen LogP contribution in [0.1, 0.15) is 16.1 Å². The van der Waals surface area contributed by atoms with Gasteiger partial charge in [-0.1, -0.05) is 12.2 Å². The Bertz CT molecular complexity index is 385. The van der Waals surface area contributed by atoms with Crippen LogP contribution in [0.3, 0.4) is 0 Å². The minimum absolute atomic E-state index is 0.0760. The highest BCUT2D eigenvalue weighted by atomic mass is 16.4. The van der Waals surface area contributed by atoms with Crippen LogP contribution in [0.25, 0.3) is 6.08 Å². The van der Waals surface area contributed by atoms with Crippen molar-refractivity contribution in [2.75, 3.05) is 11.9 Å². The van der Waals surface area contributed by atoms with Crippen molar-refractivity contribution in [3.05, 3.63) is 29.6 Å². The summed E-state index contributed by atoms with van der Waals surface area (Å²) >= 11 is 0. The van der Waals surface area contributed by atoms with Crippen LogP contribution in [0.5, 0.6) is 0 Å². The molecule has 4 nitrogen and oxygen atoms in total. The average Bonchev–Trinajstić information content (AvgIpc) is 2.17. The predicted molar refractivity (Wildman–Crippen MR) is 48.7 cm³/mol. The summed E-state index contributed by atoms with van der Waals surface area (Å²) in [6.07, 6.45) is 5.37. The fraction of sp³-hybridized carbons (Fsp3) is 0.111. The monoisotopic (exact) mass is 176 g/mol. The summed E-state index contributed by atoms with van der Waals surface area (Å²) in [6.45, 7) is 0.765. The van der Waals surface area contributed by atoms with Gasteiger partial charge in [-0.25, -0.2) is 9.78 Å². The Hall–Kier alpha value is -1.84. The molecule has 0 fully saturated rings. The molecule has 1 aromatic rings. The summed E-state index contributed by atoms with van der Waals surface area (Å²) in [6, 6.07) is 1.56. The molecule has 1 aromatic heterocycles. The zero-order valence-electron chi connectivity index (χ0n) is 6.82. The molecule has 0 atom stereocenters. The zero-order chi connectivity index (χ0) is 9.26. The molecule has 0 unspecified atom stereocenters. The lowest BCUT2D eigenvalue weighted by atomic mass is 10.1. The summed E-state index contributed by atoms with van der Waals surface area (Å²) in [5.41, 5.74) is 1.83. The van der Waals surface area contributed by atoms with E-state index < -0.39 is 5.97 Å². The molecule has 4 heteroatoms. The van der Waals surface area contributed by atoms with Crippen molar-refractivity contribution < 1.29 is 9.90 Å². The molecule has 0 radical (unpaired) electrons.